The van der Waals surface area contributed by atoms with E-state index in [2.05, 4.69) is 51.3 Å². The highest BCUT2D eigenvalue weighted by Gasteiger charge is 2.60. The zero-order valence-electron chi connectivity index (χ0n) is 41.2. The van der Waals surface area contributed by atoms with Crippen molar-refractivity contribution in [2.24, 2.45) is 58.2 Å². The number of carbonyl (C=O) groups is 4. The van der Waals surface area contributed by atoms with Crippen molar-refractivity contribution >= 4 is 52.5 Å². The predicted molar refractivity (Wildman–Crippen MR) is 266 cm³/mol. The first-order valence-corrected chi connectivity index (χ1v) is 26.3. The number of esters is 2. The number of allylic oxidation sites excluding steroid dienone is 1. The molecule has 4 fully saturated rings. The maximum atomic E-state index is 13.5. The zero-order valence-corrected chi connectivity index (χ0v) is 42.8. The second kappa shape index (κ2) is 23.2. The molecule has 0 radical (unpaired) electrons. The number of phenolic OH excluding ortho intramolecular Hbond substituents is 2. The number of hydrogen-bond acceptors (Lipinski definition) is 8. The minimum absolute atomic E-state index is 0.00886. The second-order valence-electron chi connectivity index (χ2n) is 21.4. The van der Waals surface area contributed by atoms with E-state index in [0.717, 1.165) is 41.9 Å². The Morgan fingerprint density at radius 2 is 1.30 bits per heavy atom. The van der Waals surface area contributed by atoms with Gasteiger partial charge in [0.15, 0.2) is 0 Å². The molecule has 0 heterocycles. The van der Waals surface area contributed by atoms with Gasteiger partial charge in [0, 0.05) is 13.1 Å². The summed E-state index contributed by atoms with van der Waals surface area (Å²) in [5.74, 6) is 3.21. The van der Waals surface area contributed by atoms with E-state index in [1.54, 1.807) is 26.0 Å². The molecule has 12 heteroatoms. The van der Waals surface area contributed by atoms with E-state index in [-0.39, 0.29) is 60.3 Å². The minimum Gasteiger partial charge on any atom is -0.506 e. The number of phenols is 2. The van der Waals surface area contributed by atoms with Crippen LogP contribution in [0, 0.1) is 58.2 Å². The Morgan fingerprint density at radius 3 is 1.85 bits per heavy atom. The average molecular weight is 966 g/mol. The molecule has 6 rings (SSSR count). The molecule has 0 aromatic heterocycles. The second-order valence-corrected chi connectivity index (χ2v) is 22.2. The van der Waals surface area contributed by atoms with Crippen LogP contribution in [0.4, 0.5) is 0 Å². The highest BCUT2D eigenvalue weighted by Crippen LogP contribution is 2.69. The van der Waals surface area contributed by atoms with Crippen LogP contribution in [0.25, 0.3) is 5.57 Å². The van der Waals surface area contributed by atoms with Crippen LogP contribution in [0.1, 0.15) is 183 Å². The van der Waals surface area contributed by atoms with Crippen molar-refractivity contribution in [3.05, 3.63) is 62.6 Å². The highest BCUT2D eigenvalue weighted by atomic mass is 35.5. The van der Waals surface area contributed by atoms with Crippen molar-refractivity contribution in [1.82, 2.24) is 10.6 Å². The van der Waals surface area contributed by atoms with Gasteiger partial charge in [0.05, 0.1) is 47.2 Å². The van der Waals surface area contributed by atoms with E-state index in [4.69, 9.17) is 32.7 Å². The molecule has 0 saturated heterocycles. The summed E-state index contributed by atoms with van der Waals surface area (Å²) in [7, 11) is 0. The van der Waals surface area contributed by atoms with Crippen LogP contribution in [-0.4, -0.2) is 60.3 Å². The number of benzene rings is 2. The van der Waals surface area contributed by atoms with Gasteiger partial charge < -0.3 is 30.3 Å². The van der Waals surface area contributed by atoms with Gasteiger partial charge in [0.1, 0.15) is 11.5 Å². The van der Waals surface area contributed by atoms with Gasteiger partial charge in [0.2, 0.25) is 0 Å². The van der Waals surface area contributed by atoms with E-state index in [1.807, 2.05) is 0 Å². The van der Waals surface area contributed by atoms with E-state index in [0.29, 0.717) is 45.8 Å². The molecule has 0 spiro atoms. The third-order valence-corrected chi connectivity index (χ3v) is 17.6. The van der Waals surface area contributed by atoms with Crippen molar-refractivity contribution in [3.63, 3.8) is 0 Å². The summed E-state index contributed by atoms with van der Waals surface area (Å²) in [5.41, 5.74) is 2.27. The quantitative estimate of drug-likeness (QED) is 0.0958. The fourth-order valence-electron chi connectivity index (χ4n) is 13.6. The van der Waals surface area contributed by atoms with E-state index in [1.165, 1.54) is 89.2 Å². The molecule has 4 aliphatic rings. The number of aromatic hydroxyl groups is 2. The Morgan fingerprint density at radius 1 is 0.746 bits per heavy atom. The lowest BCUT2D eigenvalue weighted by Crippen LogP contribution is -2.53. The van der Waals surface area contributed by atoms with Crippen LogP contribution < -0.4 is 10.6 Å². The summed E-state index contributed by atoms with van der Waals surface area (Å²) in [6.07, 6.45) is 19.6. The van der Waals surface area contributed by atoms with Crippen molar-refractivity contribution < 1.29 is 38.9 Å². The third kappa shape index (κ3) is 12.2. The standard InChI is InChI=1S/C55H78Cl2N2O8/c1-8-66-48(60)22-26-58-52(64)41-29-36(31-46(56)50(41)62)39(37-30-42(51(63)47(57)32-37)53(65)59-27-23-49(61)67-9-2)15-11-14-35-20-24-54(6)38(28-35)16-17-40-44-19-18-43(34(5)13-10-12-33(3)4)55(44,7)25-21-45(40)54/h15,29-35,38,40,43-45,62-63H,8-14,16-28H2,1-7H3,(H,58,64)(H,59,65)/t34-,35+,38?,40+,43-,44+,45+,54+,55-/m1/s1. The van der Waals surface area contributed by atoms with Crippen molar-refractivity contribution in [2.75, 3.05) is 26.3 Å². The molecule has 0 bridgehead atoms. The molecular weight excluding hydrogens is 888 g/mol. The van der Waals surface area contributed by atoms with Crippen molar-refractivity contribution in [3.8, 4) is 11.5 Å². The Hall–Kier alpha value is -3.76. The lowest BCUT2D eigenvalue weighted by Gasteiger charge is -2.61. The summed E-state index contributed by atoms with van der Waals surface area (Å²) < 4.78 is 9.97. The Kier molecular flexibility index (Phi) is 18.2. The first kappa shape index (κ1) is 52.6. The maximum Gasteiger partial charge on any atom is 0.307 e. The van der Waals surface area contributed by atoms with Crippen molar-refractivity contribution in [2.45, 2.75) is 151 Å². The van der Waals surface area contributed by atoms with E-state index in [9.17, 15) is 29.4 Å². The Labute approximate surface area is 410 Å². The monoisotopic (exact) mass is 965 g/mol. The molecule has 2 amide bonds. The largest absolute Gasteiger partial charge is 0.506 e. The van der Waals surface area contributed by atoms with Crippen LogP contribution in [0.5, 0.6) is 11.5 Å². The number of hydrogen-bond donors (Lipinski definition) is 4. The van der Waals surface area contributed by atoms with Gasteiger partial charge in [-0.15, -0.1) is 0 Å². The molecule has 4 N–H and O–H groups in total. The molecule has 0 aliphatic heterocycles. The lowest BCUT2D eigenvalue weighted by molar-refractivity contribution is -0.143. The van der Waals surface area contributed by atoms with Crippen LogP contribution in [0.3, 0.4) is 0 Å². The SMILES string of the molecule is CCOC(=O)CCNC(=O)c1cc(C(=CCC[C@H]2CC[C@@]3(C)C(CC[C@H]4[C@@H]5CC[C@H]([C@H](C)CCCC(C)C)[C@@]5(C)CC[C@@H]43)C2)c2cc(Cl)c(O)c(C(=O)NCCC(=O)OCC)c2)cc(Cl)c1O. The molecule has 4 aliphatic carbocycles. The number of halogens is 2. The average Bonchev–Trinajstić information content (AvgIpc) is 3.64. The molecular formula is C55H78Cl2N2O8. The highest BCUT2D eigenvalue weighted by molar-refractivity contribution is 6.33. The molecule has 4 saturated carbocycles. The molecule has 67 heavy (non-hydrogen) atoms. The molecule has 1 unspecified atom stereocenters. The van der Waals surface area contributed by atoms with Gasteiger partial charge >= 0.3 is 11.9 Å². The fourth-order valence-corrected chi connectivity index (χ4v) is 14.0. The number of rotatable bonds is 20. The van der Waals surface area contributed by atoms with E-state index < -0.39 is 35.3 Å². The Bertz CT molecular complexity index is 2030. The van der Waals surface area contributed by atoms with Crippen molar-refractivity contribution in [1.29, 1.82) is 0 Å². The third-order valence-electron chi connectivity index (χ3n) is 17.0. The summed E-state index contributed by atoms with van der Waals surface area (Å²) in [4.78, 5) is 50.9. The summed E-state index contributed by atoms with van der Waals surface area (Å²) in [5, 5.41) is 27.3. The van der Waals surface area contributed by atoms with Crippen LogP contribution >= 0.6 is 23.2 Å². The number of amides is 2. The lowest BCUT2D eigenvalue weighted by atomic mass is 9.44. The number of nitrogens with one attached hydrogen (secondary N) is 2. The van der Waals surface area contributed by atoms with Crippen LogP contribution in [-0.2, 0) is 19.1 Å². The topological polar surface area (TPSA) is 151 Å². The van der Waals surface area contributed by atoms with Gasteiger partial charge in [-0.25, -0.2) is 0 Å². The summed E-state index contributed by atoms with van der Waals surface area (Å²) in [6, 6.07) is 6.20. The smallest absolute Gasteiger partial charge is 0.307 e. The first-order chi connectivity index (χ1) is 31.9. The number of carbonyl (C=O) groups excluding carboxylic acids is 4. The number of fused-ring (bicyclic) bond motifs is 5. The zero-order chi connectivity index (χ0) is 48.6. The fraction of sp³-hybridized carbons (Fsp3) is 0.673. The van der Waals surface area contributed by atoms with Crippen LogP contribution in [0.15, 0.2) is 30.3 Å². The summed E-state index contributed by atoms with van der Waals surface area (Å²) in [6.45, 7) is 16.4. The maximum absolute atomic E-state index is 13.5. The minimum atomic E-state index is -0.628. The van der Waals surface area contributed by atoms with Gasteiger partial charge in [-0.2, -0.15) is 0 Å². The normalized spacial score (nSPS) is 27.0. The molecule has 9 atom stereocenters. The summed E-state index contributed by atoms with van der Waals surface area (Å²) >= 11 is 13.3. The van der Waals surface area contributed by atoms with Gasteiger partial charge in [-0.1, -0.05) is 83.2 Å². The molecule has 2 aromatic rings. The number of ether oxygens (including phenoxy) is 2. The molecule has 2 aromatic carbocycles. The molecule has 10 nitrogen and oxygen atoms in total. The van der Waals surface area contributed by atoms with Gasteiger partial charge in [-0.3, -0.25) is 19.2 Å². The molecule has 370 valence electrons. The first-order valence-electron chi connectivity index (χ1n) is 25.5. The van der Waals surface area contributed by atoms with Gasteiger partial charge in [-0.05, 0) is 184 Å². The van der Waals surface area contributed by atoms with Gasteiger partial charge in [0.25, 0.3) is 11.8 Å². The van der Waals surface area contributed by atoms with Crippen LogP contribution in [0.2, 0.25) is 10.0 Å². The Balaban J connectivity index is 1.20. The van der Waals surface area contributed by atoms with E-state index >= 15 is 0 Å². The predicted octanol–water partition coefficient (Wildman–Crippen LogP) is 12.7.